The Morgan fingerprint density at radius 3 is 2.78 bits per heavy atom. The van der Waals surface area contributed by atoms with Crippen LogP contribution in [0.1, 0.15) is 31.9 Å². The number of amides is 1. The molecule has 3 N–H and O–H groups in total. The maximum Gasteiger partial charge on any atom is 0.404 e. The second-order valence-electron chi connectivity index (χ2n) is 8.60. The average molecular weight is 493 g/mol. The number of aromatic nitrogens is 6. The number of carbonyl (C=O) groups excluding carboxylic acids is 1. The maximum absolute atomic E-state index is 13.1. The summed E-state index contributed by atoms with van der Waals surface area (Å²) in [6.45, 7) is -1.02. The van der Waals surface area contributed by atoms with Gasteiger partial charge in [0.1, 0.15) is 17.9 Å². The number of rotatable bonds is 7. The molecule has 1 aliphatic carbocycles. The molecule has 0 radical (unpaired) electrons. The highest BCUT2D eigenvalue weighted by molar-refractivity contribution is 5.79. The first kappa shape index (κ1) is 23.2. The zero-order valence-electron chi connectivity index (χ0n) is 19.0. The number of nitrogens with two attached hydrogens (primary N) is 1. The van der Waals surface area contributed by atoms with Crippen LogP contribution in [0.25, 0.3) is 28.2 Å². The Labute approximate surface area is 203 Å². The van der Waals surface area contributed by atoms with Crippen molar-refractivity contribution in [3.8, 4) is 28.7 Å². The van der Waals surface area contributed by atoms with E-state index in [2.05, 4.69) is 31.8 Å². The molecule has 4 heterocycles. The number of primary amides is 1. The number of anilines is 1. The van der Waals surface area contributed by atoms with Gasteiger partial charge in [-0.3, -0.25) is 4.98 Å². The van der Waals surface area contributed by atoms with Crippen molar-refractivity contribution in [2.45, 2.75) is 38.5 Å². The maximum atomic E-state index is 13.1. The van der Waals surface area contributed by atoms with E-state index >= 15 is 0 Å². The van der Waals surface area contributed by atoms with Crippen molar-refractivity contribution in [1.29, 1.82) is 5.26 Å². The number of hydrogen-bond donors (Lipinski definition) is 2. The molecule has 0 saturated heterocycles. The van der Waals surface area contributed by atoms with E-state index < -0.39 is 12.6 Å². The van der Waals surface area contributed by atoms with Crippen LogP contribution in [0.2, 0.25) is 0 Å². The molecule has 5 rings (SSSR count). The van der Waals surface area contributed by atoms with Gasteiger partial charge in [0, 0.05) is 23.5 Å². The SMILES string of the molecule is CC(OC(N)=O)C1CC(Nc2cc(-c3ccc4cc(C#N)cnn34)ncc2-c2cn(C(F)F)nn2)C1. The fraction of sp³-hybridized carbons (Fsp3) is 0.304. The van der Waals surface area contributed by atoms with Gasteiger partial charge in [-0.1, -0.05) is 5.21 Å². The van der Waals surface area contributed by atoms with Gasteiger partial charge >= 0.3 is 12.6 Å². The largest absolute Gasteiger partial charge is 0.446 e. The highest BCUT2D eigenvalue weighted by Gasteiger charge is 2.35. The lowest BCUT2D eigenvalue weighted by Gasteiger charge is -2.39. The van der Waals surface area contributed by atoms with Crippen LogP contribution in [0.4, 0.5) is 19.3 Å². The number of hydrogen-bond acceptors (Lipinski definition) is 8. The Bertz CT molecular complexity index is 1470. The minimum Gasteiger partial charge on any atom is -0.446 e. The monoisotopic (exact) mass is 493 g/mol. The molecule has 4 aromatic rings. The smallest absolute Gasteiger partial charge is 0.404 e. The summed E-state index contributed by atoms with van der Waals surface area (Å²) in [6.07, 6.45) is 4.51. The van der Waals surface area contributed by atoms with E-state index in [4.69, 9.17) is 15.7 Å². The van der Waals surface area contributed by atoms with Crippen molar-refractivity contribution >= 4 is 17.3 Å². The minimum atomic E-state index is -2.81. The van der Waals surface area contributed by atoms with Gasteiger partial charge in [0.15, 0.2) is 0 Å². The normalized spacial score (nSPS) is 18.0. The van der Waals surface area contributed by atoms with Crippen LogP contribution >= 0.6 is 0 Å². The van der Waals surface area contributed by atoms with Gasteiger partial charge in [0.2, 0.25) is 0 Å². The molecule has 0 spiro atoms. The van der Waals surface area contributed by atoms with Crippen LogP contribution in [-0.2, 0) is 4.74 Å². The predicted molar refractivity (Wildman–Crippen MR) is 124 cm³/mol. The standard InChI is InChI=1S/C23H21F2N9O2/c1-12(36-23(27)35)14-5-15(6-14)30-18-7-19(21-3-2-16-4-13(8-26)9-29-34(16)21)28-10-17(18)20-11-33(22(24)25)32-31-20/h2-4,7,9-12,14-15,22H,5-6H2,1H3,(H2,27,35)(H,28,30). The second-order valence-corrected chi connectivity index (χ2v) is 8.60. The summed E-state index contributed by atoms with van der Waals surface area (Å²) in [5.74, 6) is 0.146. The third kappa shape index (κ3) is 4.40. The van der Waals surface area contributed by atoms with Gasteiger partial charge in [-0.25, -0.2) is 9.31 Å². The van der Waals surface area contributed by atoms with Crippen LogP contribution in [0.5, 0.6) is 0 Å². The number of alkyl halides is 2. The van der Waals surface area contributed by atoms with E-state index in [9.17, 15) is 13.6 Å². The Morgan fingerprint density at radius 2 is 2.08 bits per heavy atom. The molecule has 1 fully saturated rings. The average Bonchev–Trinajstić information content (AvgIpc) is 3.47. The van der Waals surface area contributed by atoms with Crippen molar-refractivity contribution in [3.63, 3.8) is 0 Å². The summed E-state index contributed by atoms with van der Waals surface area (Å²) < 4.78 is 33.4. The van der Waals surface area contributed by atoms with E-state index in [-0.39, 0.29) is 23.8 Å². The van der Waals surface area contributed by atoms with Gasteiger partial charge in [0.25, 0.3) is 0 Å². The summed E-state index contributed by atoms with van der Waals surface area (Å²) in [4.78, 5) is 15.6. The topological polar surface area (TPSA) is 149 Å². The van der Waals surface area contributed by atoms with Gasteiger partial charge in [-0.2, -0.15) is 23.8 Å². The van der Waals surface area contributed by atoms with Crippen molar-refractivity contribution in [2.75, 3.05) is 5.32 Å². The molecule has 1 unspecified atom stereocenters. The molecule has 0 aromatic carbocycles. The number of halogens is 2. The van der Waals surface area contributed by atoms with E-state index in [1.807, 2.05) is 12.1 Å². The van der Waals surface area contributed by atoms with Crippen LogP contribution in [-0.4, -0.2) is 47.8 Å². The Kier molecular flexibility index (Phi) is 5.93. The highest BCUT2D eigenvalue weighted by atomic mass is 19.3. The summed E-state index contributed by atoms with van der Waals surface area (Å²) in [6, 6.07) is 9.30. The van der Waals surface area contributed by atoms with Gasteiger partial charge in [-0.15, -0.1) is 5.10 Å². The third-order valence-corrected chi connectivity index (χ3v) is 6.28. The van der Waals surface area contributed by atoms with Crippen LogP contribution in [0.15, 0.2) is 42.9 Å². The van der Waals surface area contributed by atoms with Gasteiger partial charge in [0.05, 0.1) is 34.9 Å². The molecule has 184 valence electrons. The summed E-state index contributed by atoms with van der Waals surface area (Å²) in [7, 11) is 0. The van der Waals surface area contributed by atoms with Crippen LogP contribution in [0, 0.1) is 17.2 Å². The van der Waals surface area contributed by atoms with Crippen molar-refractivity contribution in [2.24, 2.45) is 11.7 Å². The molecule has 1 aliphatic rings. The Balaban J connectivity index is 1.47. The number of ether oxygens (including phenoxy) is 1. The summed E-state index contributed by atoms with van der Waals surface area (Å²) >= 11 is 0. The molecule has 13 heteroatoms. The first-order valence-electron chi connectivity index (χ1n) is 11.1. The molecule has 1 amide bonds. The van der Waals surface area contributed by atoms with E-state index in [1.54, 1.807) is 29.8 Å². The van der Waals surface area contributed by atoms with Crippen molar-refractivity contribution in [3.05, 3.63) is 48.4 Å². The lowest BCUT2D eigenvalue weighted by atomic mass is 9.77. The molecule has 11 nitrogen and oxygen atoms in total. The zero-order valence-corrected chi connectivity index (χ0v) is 19.0. The molecular formula is C23H21F2N9O2. The highest BCUT2D eigenvalue weighted by Crippen LogP contribution is 2.37. The molecule has 1 saturated carbocycles. The fourth-order valence-corrected chi connectivity index (χ4v) is 4.33. The van der Waals surface area contributed by atoms with Crippen molar-refractivity contribution in [1.82, 2.24) is 29.6 Å². The molecule has 0 bridgehead atoms. The first-order valence-corrected chi connectivity index (χ1v) is 11.1. The minimum absolute atomic E-state index is 0.0495. The number of nitriles is 1. The lowest BCUT2D eigenvalue weighted by Crippen LogP contribution is -2.42. The first-order chi connectivity index (χ1) is 17.3. The molecule has 0 aliphatic heterocycles. The molecular weight excluding hydrogens is 472 g/mol. The molecule has 36 heavy (non-hydrogen) atoms. The number of carbonyl (C=O) groups is 1. The molecule has 1 atom stereocenters. The molecule has 4 aromatic heterocycles. The van der Waals surface area contributed by atoms with E-state index in [0.717, 1.165) is 24.6 Å². The van der Waals surface area contributed by atoms with Gasteiger partial charge < -0.3 is 15.8 Å². The number of pyridine rings is 1. The van der Waals surface area contributed by atoms with E-state index in [0.29, 0.717) is 32.9 Å². The lowest BCUT2D eigenvalue weighted by molar-refractivity contribution is 0.0452. The van der Waals surface area contributed by atoms with E-state index in [1.165, 1.54) is 6.20 Å². The number of nitrogens with zero attached hydrogens (tertiary/aromatic N) is 7. The summed E-state index contributed by atoms with van der Waals surface area (Å²) in [5.41, 5.74) is 8.96. The number of fused-ring (bicyclic) bond motifs is 1. The van der Waals surface area contributed by atoms with Gasteiger partial charge in [-0.05, 0) is 49.9 Å². The quantitative estimate of drug-likeness (QED) is 0.397. The summed E-state index contributed by atoms with van der Waals surface area (Å²) in [5, 5.41) is 24.3. The predicted octanol–water partition coefficient (Wildman–Crippen LogP) is 3.60. The number of nitrogens with one attached hydrogen (secondary N) is 1. The zero-order chi connectivity index (χ0) is 25.4. The second kappa shape index (κ2) is 9.21. The van der Waals surface area contributed by atoms with Crippen molar-refractivity contribution < 1.29 is 18.3 Å². The Morgan fingerprint density at radius 1 is 1.28 bits per heavy atom. The Hall–Kier alpha value is -4.60. The van der Waals surface area contributed by atoms with Crippen LogP contribution < -0.4 is 11.1 Å². The third-order valence-electron chi connectivity index (χ3n) is 6.28. The van der Waals surface area contributed by atoms with Crippen LogP contribution in [0.3, 0.4) is 0 Å². The fourth-order valence-electron chi connectivity index (χ4n) is 4.33.